The summed E-state index contributed by atoms with van der Waals surface area (Å²) >= 11 is 1.51. The highest BCUT2D eigenvalue weighted by molar-refractivity contribution is 7.98. The lowest BCUT2D eigenvalue weighted by Gasteiger charge is -2.18. The van der Waals surface area contributed by atoms with Gasteiger partial charge in [-0.3, -0.25) is 19.2 Å². The molecule has 0 saturated heterocycles. The van der Waals surface area contributed by atoms with E-state index in [9.17, 15) is 19.2 Å². The maximum Gasteiger partial charge on any atom is 0.322 e. The molecule has 8 heteroatoms. The predicted octanol–water partition coefficient (Wildman–Crippen LogP) is 1.95. The van der Waals surface area contributed by atoms with Crippen LogP contribution < -0.4 is 10.6 Å². The number of benzene rings is 2. The lowest BCUT2D eigenvalue weighted by molar-refractivity contribution is -0.138. The zero-order chi connectivity index (χ0) is 21.0. The number of amides is 2. The fourth-order valence-corrected chi connectivity index (χ4v) is 3.76. The number of carbonyl (C=O) groups excluding carboxylic acids is 3. The van der Waals surface area contributed by atoms with Crippen molar-refractivity contribution < 1.29 is 24.3 Å². The first-order valence-corrected chi connectivity index (χ1v) is 10.4. The third-order valence-corrected chi connectivity index (χ3v) is 5.28. The Morgan fingerprint density at radius 3 is 2.41 bits per heavy atom. The van der Waals surface area contributed by atoms with E-state index in [1.54, 1.807) is 42.5 Å². The number of ketones is 1. The molecule has 2 aromatic carbocycles. The second-order valence-corrected chi connectivity index (χ2v) is 7.51. The molecule has 0 heterocycles. The number of carboxylic acids is 1. The summed E-state index contributed by atoms with van der Waals surface area (Å²) < 4.78 is 0. The molecule has 0 radical (unpaired) electrons. The van der Waals surface area contributed by atoms with E-state index in [0.717, 1.165) is 0 Å². The van der Waals surface area contributed by atoms with Crippen LogP contribution in [0.4, 0.5) is 0 Å². The van der Waals surface area contributed by atoms with Gasteiger partial charge in [0.1, 0.15) is 12.6 Å². The van der Waals surface area contributed by atoms with E-state index in [-0.39, 0.29) is 5.78 Å². The van der Waals surface area contributed by atoms with E-state index >= 15 is 0 Å². The maximum absolute atomic E-state index is 13.0. The Hall–Kier alpha value is -3.13. The van der Waals surface area contributed by atoms with E-state index < -0.39 is 30.4 Å². The van der Waals surface area contributed by atoms with E-state index in [4.69, 9.17) is 5.11 Å². The minimum atomic E-state index is -1.16. The highest BCUT2D eigenvalue weighted by atomic mass is 32.2. The Kier molecular flexibility index (Phi) is 6.33. The van der Waals surface area contributed by atoms with Crippen molar-refractivity contribution >= 4 is 35.3 Å². The van der Waals surface area contributed by atoms with Gasteiger partial charge in [-0.05, 0) is 30.1 Å². The van der Waals surface area contributed by atoms with Crippen LogP contribution in [0.1, 0.15) is 32.7 Å². The van der Waals surface area contributed by atoms with Crippen LogP contribution in [0.2, 0.25) is 0 Å². The molecular formula is C21H20N2O5S. The van der Waals surface area contributed by atoms with Gasteiger partial charge in [-0.2, -0.15) is 11.8 Å². The van der Waals surface area contributed by atoms with Crippen LogP contribution in [-0.2, 0) is 9.59 Å². The number of carboxylic acid groups (broad SMARTS) is 1. The number of fused-ring (bicyclic) bond motifs is 3. The number of nitrogens with one attached hydrogen (secondary N) is 2. The van der Waals surface area contributed by atoms with E-state index in [1.165, 1.54) is 11.8 Å². The van der Waals surface area contributed by atoms with Crippen molar-refractivity contribution in [2.75, 3.05) is 18.6 Å². The van der Waals surface area contributed by atoms with Crippen molar-refractivity contribution in [3.05, 3.63) is 59.2 Å². The third-order valence-electron chi connectivity index (χ3n) is 4.64. The molecule has 0 bridgehead atoms. The standard InChI is InChI=1S/C21H20N2O5S/c1-29-10-9-16(21(28)22-11-17(24)25)23-20(27)15-8-4-7-14-18(15)12-5-2-3-6-13(12)19(14)26/h2-8,16H,9-11H2,1H3,(H,22,28)(H,23,27)(H,24,25). The normalized spacial score (nSPS) is 12.7. The van der Waals surface area contributed by atoms with Crippen molar-refractivity contribution in [1.29, 1.82) is 0 Å². The van der Waals surface area contributed by atoms with E-state index in [1.807, 2.05) is 6.26 Å². The summed E-state index contributed by atoms with van der Waals surface area (Å²) in [5, 5.41) is 13.8. The molecule has 1 aliphatic rings. The monoisotopic (exact) mass is 412 g/mol. The second kappa shape index (κ2) is 8.91. The van der Waals surface area contributed by atoms with Gasteiger partial charge in [-0.25, -0.2) is 0 Å². The summed E-state index contributed by atoms with van der Waals surface area (Å²) in [6.45, 7) is -0.521. The van der Waals surface area contributed by atoms with Gasteiger partial charge in [-0.15, -0.1) is 0 Å². The average molecular weight is 412 g/mol. The molecule has 0 spiro atoms. The van der Waals surface area contributed by atoms with Crippen molar-refractivity contribution in [2.24, 2.45) is 0 Å². The summed E-state index contributed by atoms with van der Waals surface area (Å²) in [5.74, 6) is -1.73. The Morgan fingerprint density at radius 1 is 1.03 bits per heavy atom. The van der Waals surface area contributed by atoms with Crippen molar-refractivity contribution in [3.63, 3.8) is 0 Å². The van der Waals surface area contributed by atoms with Crippen molar-refractivity contribution in [1.82, 2.24) is 10.6 Å². The third kappa shape index (κ3) is 4.32. The number of hydrogen-bond donors (Lipinski definition) is 3. The molecular weight excluding hydrogens is 392 g/mol. The smallest absolute Gasteiger partial charge is 0.322 e. The van der Waals surface area contributed by atoms with E-state index in [0.29, 0.717) is 40.0 Å². The Labute approximate surface area is 171 Å². The van der Waals surface area contributed by atoms with Crippen molar-refractivity contribution in [2.45, 2.75) is 12.5 Å². The summed E-state index contributed by atoms with van der Waals surface area (Å²) in [6.07, 6.45) is 2.23. The van der Waals surface area contributed by atoms with Crippen LogP contribution in [0.5, 0.6) is 0 Å². The summed E-state index contributed by atoms with van der Waals surface area (Å²) in [6, 6.07) is 11.1. The molecule has 150 valence electrons. The molecule has 2 amide bonds. The highest BCUT2D eigenvalue weighted by Gasteiger charge is 2.31. The maximum atomic E-state index is 13.0. The van der Waals surface area contributed by atoms with Gasteiger partial charge in [0.05, 0.1) is 0 Å². The van der Waals surface area contributed by atoms with Crippen LogP contribution in [0.15, 0.2) is 42.5 Å². The lowest BCUT2D eigenvalue weighted by Crippen LogP contribution is -2.48. The largest absolute Gasteiger partial charge is 0.480 e. The fraction of sp³-hybridized carbons (Fsp3) is 0.238. The van der Waals surface area contributed by atoms with Crippen LogP contribution >= 0.6 is 11.8 Å². The molecule has 0 saturated carbocycles. The lowest BCUT2D eigenvalue weighted by atomic mass is 9.98. The first-order chi connectivity index (χ1) is 13.9. The number of carbonyl (C=O) groups is 4. The first kappa shape index (κ1) is 20.6. The number of aliphatic carboxylic acids is 1. The molecule has 29 heavy (non-hydrogen) atoms. The minimum absolute atomic E-state index is 0.136. The van der Waals surface area contributed by atoms with Crippen LogP contribution in [0.25, 0.3) is 11.1 Å². The van der Waals surface area contributed by atoms with Gasteiger partial charge in [0.25, 0.3) is 5.91 Å². The molecule has 0 fully saturated rings. The molecule has 1 aliphatic carbocycles. The average Bonchev–Trinajstić information content (AvgIpc) is 3.02. The number of rotatable bonds is 8. The summed E-state index contributed by atoms with van der Waals surface area (Å²) in [7, 11) is 0. The Morgan fingerprint density at radius 2 is 1.72 bits per heavy atom. The first-order valence-electron chi connectivity index (χ1n) is 9.00. The zero-order valence-electron chi connectivity index (χ0n) is 15.7. The number of hydrogen-bond acceptors (Lipinski definition) is 5. The van der Waals surface area contributed by atoms with E-state index in [2.05, 4.69) is 10.6 Å². The fourth-order valence-electron chi connectivity index (χ4n) is 3.29. The minimum Gasteiger partial charge on any atom is -0.480 e. The van der Waals surface area contributed by atoms with Crippen LogP contribution in [0, 0.1) is 0 Å². The molecule has 0 aliphatic heterocycles. The molecule has 1 atom stereocenters. The van der Waals surface area contributed by atoms with Crippen LogP contribution in [-0.4, -0.2) is 53.3 Å². The highest BCUT2D eigenvalue weighted by Crippen LogP contribution is 2.38. The molecule has 3 rings (SSSR count). The summed E-state index contributed by atoms with van der Waals surface area (Å²) in [5.41, 5.74) is 2.55. The molecule has 2 aromatic rings. The van der Waals surface area contributed by atoms with Crippen LogP contribution in [0.3, 0.4) is 0 Å². The number of thioether (sulfide) groups is 1. The molecule has 1 unspecified atom stereocenters. The Bertz CT molecular complexity index is 989. The SMILES string of the molecule is CSCCC(NC(=O)c1cccc2c1-c1ccccc1C2=O)C(=O)NCC(=O)O. The summed E-state index contributed by atoms with van der Waals surface area (Å²) in [4.78, 5) is 48.7. The second-order valence-electron chi connectivity index (χ2n) is 6.52. The molecule has 0 aromatic heterocycles. The predicted molar refractivity (Wildman–Crippen MR) is 110 cm³/mol. The van der Waals surface area contributed by atoms with Gasteiger partial charge in [0.2, 0.25) is 5.91 Å². The van der Waals surface area contributed by atoms with Crippen molar-refractivity contribution in [3.8, 4) is 11.1 Å². The van der Waals surface area contributed by atoms with Gasteiger partial charge in [0.15, 0.2) is 5.78 Å². The van der Waals surface area contributed by atoms with Gasteiger partial charge < -0.3 is 15.7 Å². The quantitative estimate of drug-likeness (QED) is 0.521. The van der Waals surface area contributed by atoms with Gasteiger partial charge in [-0.1, -0.05) is 36.4 Å². The molecule has 3 N–H and O–H groups in total. The molecule has 7 nitrogen and oxygen atoms in total. The zero-order valence-corrected chi connectivity index (χ0v) is 16.5. The topological polar surface area (TPSA) is 113 Å². The van der Waals surface area contributed by atoms with Gasteiger partial charge in [0, 0.05) is 22.3 Å². The van der Waals surface area contributed by atoms with Gasteiger partial charge >= 0.3 is 5.97 Å². The Balaban J connectivity index is 1.88.